The van der Waals surface area contributed by atoms with Crippen molar-refractivity contribution in [3.63, 3.8) is 0 Å². The molecule has 2 aromatic rings. The number of amides is 1. The van der Waals surface area contributed by atoms with Crippen LogP contribution in [0.25, 0.3) is 0 Å². The summed E-state index contributed by atoms with van der Waals surface area (Å²) in [5, 5.41) is 4.05. The van der Waals surface area contributed by atoms with Gasteiger partial charge in [-0.2, -0.15) is 0 Å². The molecular weight excluding hydrogens is 337 g/mol. The first-order chi connectivity index (χ1) is 11.1. The summed E-state index contributed by atoms with van der Waals surface area (Å²) in [7, 11) is 0. The van der Waals surface area contributed by atoms with Crippen molar-refractivity contribution >= 4 is 34.9 Å². The Labute approximate surface area is 143 Å². The molecule has 1 fully saturated rings. The van der Waals surface area contributed by atoms with Gasteiger partial charge in [-0.1, -0.05) is 23.2 Å². The van der Waals surface area contributed by atoms with E-state index in [1.54, 1.807) is 12.3 Å². The topological polar surface area (TPSA) is 71.0 Å². The second kappa shape index (κ2) is 7.10. The molecule has 6 nitrogen and oxygen atoms in total. The number of carbonyl (C=O) groups excluding carboxylic acids is 1. The molecule has 0 spiro atoms. The molecule has 0 bridgehead atoms. The van der Waals surface area contributed by atoms with Crippen molar-refractivity contribution in [3.8, 4) is 0 Å². The first kappa shape index (κ1) is 16.0. The predicted octanol–water partition coefficient (Wildman–Crippen LogP) is 2.58. The number of anilines is 1. The van der Waals surface area contributed by atoms with E-state index in [2.05, 4.69) is 25.2 Å². The molecule has 0 radical (unpaired) electrons. The van der Waals surface area contributed by atoms with Crippen LogP contribution in [-0.4, -0.2) is 40.0 Å². The summed E-state index contributed by atoms with van der Waals surface area (Å²) < 4.78 is 0. The number of carbonyl (C=O) groups is 1. The highest BCUT2D eigenvalue weighted by atomic mass is 35.5. The number of pyridine rings is 1. The van der Waals surface area contributed by atoms with Gasteiger partial charge in [0.05, 0.1) is 16.2 Å². The lowest BCUT2D eigenvalue weighted by atomic mass is 10.0. The summed E-state index contributed by atoms with van der Waals surface area (Å²) in [5.41, 5.74) is 0.331. The molecule has 120 valence electrons. The largest absolute Gasteiger partial charge is 0.355 e. The van der Waals surface area contributed by atoms with Gasteiger partial charge in [0.15, 0.2) is 0 Å². The van der Waals surface area contributed by atoms with E-state index in [1.165, 1.54) is 18.6 Å². The minimum Gasteiger partial charge on any atom is -0.355 e. The molecule has 0 aliphatic carbocycles. The van der Waals surface area contributed by atoms with Crippen molar-refractivity contribution in [2.24, 2.45) is 0 Å². The Morgan fingerprint density at radius 1 is 1.17 bits per heavy atom. The summed E-state index contributed by atoms with van der Waals surface area (Å²) >= 11 is 12.1. The average Bonchev–Trinajstić information content (AvgIpc) is 2.57. The lowest BCUT2D eigenvalue weighted by Crippen LogP contribution is -2.45. The van der Waals surface area contributed by atoms with E-state index in [0.29, 0.717) is 15.7 Å². The molecule has 0 aromatic carbocycles. The molecule has 0 saturated carbocycles. The Morgan fingerprint density at radius 3 is 2.61 bits per heavy atom. The third-order valence-corrected chi connectivity index (χ3v) is 4.20. The highest BCUT2D eigenvalue weighted by Crippen LogP contribution is 2.28. The van der Waals surface area contributed by atoms with E-state index in [0.717, 1.165) is 31.7 Å². The first-order valence-electron chi connectivity index (χ1n) is 7.26. The molecule has 23 heavy (non-hydrogen) atoms. The van der Waals surface area contributed by atoms with Crippen molar-refractivity contribution in [3.05, 3.63) is 46.6 Å². The maximum Gasteiger partial charge on any atom is 0.271 e. The molecular formula is C15H15Cl2N5O. The number of halogens is 2. The van der Waals surface area contributed by atoms with Crippen molar-refractivity contribution < 1.29 is 4.79 Å². The Bertz CT molecular complexity index is 690. The molecule has 2 aromatic heterocycles. The minimum absolute atomic E-state index is 0.104. The maximum atomic E-state index is 12.1. The van der Waals surface area contributed by atoms with E-state index in [-0.39, 0.29) is 11.9 Å². The van der Waals surface area contributed by atoms with Crippen LogP contribution in [0.3, 0.4) is 0 Å². The molecule has 8 heteroatoms. The summed E-state index contributed by atoms with van der Waals surface area (Å²) in [5.74, 6) is 0.536. The molecule has 3 rings (SSSR count). The van der Waals surface area contributed by atoms with E-state index >= 15 is 0 Å². The summed E-state index contributed by atoms with van der Waals surface area (Å²) in [6.07, 6.45) is 7.72. The normalized spacial score (nSPS) is 15.5. The van der Waals surface area contributed by atoms with Gasteiger partial charge in [0.2, 0.25) is 0 Å². The van der Waals surface area contributed by atoms with E-state index in [4.69, 9.17) is 23.2 Å². The van der Waals surface area contributed by atoms with Gasteiger partial charge in [0.1, 0.15) is 11.5 Å². The fraction of sp³-hybridized carbons (Fsp3) is 0.333. The molecule has 1 aliphatic rings. The highest BCUT2D eigenvalue weighted by molar-refractivity contribution is 6.36. The summed E-state index contributed by atoms with van der Waals surface area (Å²) in [4.78, 5) is 26.4. The molecule has 1 aliphatic heterocycles. The van der Waals surface area contributed by atoms with E-state index in [1.807, 2.05) is 0 Å². The third kappa shape index (κ3) is 3.89. The Kier molecular flexibility index (Phi) is 4.93. The molecule has 0 atom stereocenters. The summed E-state index contributed by atoms with van der Waals surface area (Å²) in [6.45, 7) is 1.53. The lowest BCUT2D eigenvalue weighted by molar-refractivity contribution is 0.0925. The van der Waals surface area contributed by atoms with Gasteiger partial charge in [-0.15, -0.1) is 0 Å². The van der Waals surface area contributed by atoms with Crippen molar-refractivity contribution in [2.75, 3.05) is 18.0 Å². The molecule has 0 unspecified atom stereocenters. The number of hydrogen-bond donors (Lipinski definition) is 1. The first-order valence-corrected chi connectivity index (χ1v) is 8.02. The Balaban J connectivity index is 1.57. The van der Waals surface area contributed by atoms with Crippen molar-refractivity contribution in [1.29, 1.82) is 0 Å². The van der Waals surface area contributed by atoms with Gasteiger partial charge in [0.25, 0.3) is 5.91 Å². The van der Waals surface area contributed by atoms with E-state index in [9.17, 15) is 4.79 Å². The van der Waals surface area contributed by atoms with Gasteiger partial charge in [-0.05, 0) is 18.9 Å². The van der Waals surface area contributed by atoms with Crippen LogP contribution in [0.4, 0.5) is 5.82 Å². The Hall–Kier alpha value is -1.92. The SMILES string of the molecule is O=C(NC1CCN(c2ncc(Cl)cc2Cl)CC1)c1cnccn1. The van der Waals surface area contributed by atoms with Crippen LogP contribution >= 0.6 is 23.2 Å². The molecule has 1 saturated heterocycles. The zero-order chi connectivity index (χ0) is 16.2. The molecule has 1 N–H and O–H groups in total. The number of hydrogen-bond acceptors (Lipinski definition) is 5. The number of nitrogens with zero attached hydrogens (tertiary/aromatic N) is 4. The quantitative estimate of drug-likeness (QED) is 0.919. The second-order valence-electron chi connectivity index (χ2n) is 5.28. The van der Waals surface area contributed by atoms with Gasteiger partial charge in [-0.25, -0.2) is 9.97 Å². The van der Waals surface area contributed by atoms with Crippen molar-refractivity contribution in [1.82, 2.24) is 20.3 Å². The standard InChI is InChI=1S/C15H15Cl2N5O/c16-10-7-12(17)14(20-8-10)22-5-1-11(2-6-22)21-15(23)13-9-18-3-4-19-13/h3-4,7-9,11H,1-2,5-6H2,(H,21,23). The molecule has 1 amide bonds. The number of piperidine rings is 1. The van der Waals surface area contributed by atoms with Crippen LogP contribution in [0, 0.1) is 0 Å². The van der Waals surface area contributed by atoms with Crippen LogP contribution in [-0.2, 0) is 0 Å². The number of nitrogens with one attached hydrogen (secondary N) is 1. The Morgan fingerprint density at radius 2 is 1.96 bits per heavy atom. The second-order valence-corrected chi connectivity index (χ2v) is 6.13. The number of aromatic nitrogens is 3. The third-order valence-electron chi connectivity index (χ3n) is 3.71. The smallest absolute Gasteiger partial charge is 0.271 e. The van der Waals surface area contributed by atoms with Crippen LogP contribution < -0.4 is 10.2 Å². The van der Waals surface area contributed by atoms with Crippen molar-refractivity contribution in [2.45, 2.75) is 18.9 Å². The number of rotatable bonds is 3. The fourth-order valence-electron chi connectivity index (χ4n) is 2.55. The minimum atomic E-state index is -0.195. The zero-order valence-corrected chi connectivity index (χ0v) is 13.8. The van der Waals surface area contributed by atoms with Crippen LogP contribution in [0.15, 0.2) is 30.9 Å². The fourth-order valence-corrected chi connectivity index (χ4v) is 3.05. The van der Waals surface area contributed by atoms with Gasteiger partial charge in [0, 0.05) is 37.7 Å². The van der Waals surface area contributed by atoms with E-state index < -0.39 is 0 Å². The lowest BCUT2D eigenvalue weighted by Gasteiger charge is -2.33. The monoisotopic (exact) mass is 351 g/mol. The van der Waals surface area contributed by atoms with Gasteiger partial charge >= 0.3 is 0 Å². The van der Waals surface area contributed by atoms with Crippen LogP contribution in [0.5, 0.6) is 0 Å². The van der Waals surface area contributed by atoms with Crippen LogP contribution in [0.1, 0.15) is 23.3 Å². The predicted molar refractivity (Wildman–Crippen MR) is 89.0 cm³/mol. The average molecular weight is 352 g/mol. The zero-order valence-electron chi connectivity index (χ0n) is 12.2. The maximum absolute atomic E-state index is 12.1. The van der Waals surface area contributed by atoms with Crippen LogP contribution in [0.2, 0.25) is 10.0 Å². The summed E-state index contributed by atoms with van der Waals surface area (Å²) in [6, 6.07) is 1.79. The van der Waals surface area contributed by atoms with Gasteiger partial charge < -0.3 is 10.2 Å². The molecule has 3 heterocycles. The highest BCUT2D eigenvalue weighted by Gasteiger charge is 2.23. The van der Waals surface area contributed by atoms with Gasteiger partial charge in [-0.3, -0.25) is 9.78 Å².